The molecule has 0 fully saturated rings. The maximum absolute atomic E-state index is 12.6. The van der Waals surface area contributed by atoms with Gasteiger partial charge in [-0.1, -0.05) is 66.7 Å². The zero-order valence-corrected chi connectivity index (χ0v) is 13.8. The van der Waals surface area contributed by atoms with E-state index in [1.807, 2.05) is 84.9 Å². The van der Waals surface area contributed by atoms with E-state index in [1.165, 1.54) is 4.80 Å². The fourth-order valence-corrected chi connectivity index (χ4v) is 2.62. The average Bonchev–Trinajstić information content (AvgIpc) is 3.20. The summed E-state index contributed by atoms with van der Waals surface area (Å²) < 4.78 is 0. The van der Waals surface area contributed by atoms with Crippen LogP contribution in [0, 0.1) is 0 Å². The van der Waals surface area contributed by atoms with Crippen LogP contribution < -0.4 is 5.32 Å². The zero-order valence-electron chi connectivity index (χ0n) is 13.8. The van der Waals surface area contributed by atoms with Crippen LogP contribution in [0.2, 0.25) is 0 Å². The standard InChI is InChI=1S/C20H15N5O/c26-20(19-22-24-25(23-19)16-11-5-2-6-12-16)21-18-14-8-7-13-17(18)15-9-3-1-4-10-15/h1-14H,(H,21,26). The lowest BCUT2D eigenvalue weighted by Crippen LogP contribution is -2.15. The van der Waals surface area contributed by atoms with Crippen LogP contribution in [0.5, 0.6) is 0 Å². The maximum Gasteiger partial charge on any atom is 0.297 e. The van der Waals surface area contributed by atoms with E-state index in [0.717, 1.165) is 16.8 Å². The zero-order chi connectivity index (χ0) is 17.8. The van der Waals surface area contributed by atoms with Gasteiger partial charge in [0, 0.05) is 11.3 Å². The summed E-state index contributed by atoms with van der Waals surface area (Å²) in [7, 11) is 0. The van der Waals surface area contributed by atoms with Crippen molar-refractivity contribution in [3.8, 4) is 16.8 Å². The minimum atomic E-state index is -0.407. The number of hydrogen-bond donors (Lipinski definition) is 1. The lowest BCUT2D eigenvalue weighted by molar-refractivity contribution is 0.101. The number of rotatable bonds is 4. The maximum atomic E-state index is 12.6. The van der Waals surface area contributed by atoms with Gasteiger partial charge in [-0.15, -0.1) is 15.0 Å². The van der Waals surface area contributed by atoms with Gasteiger partial charge in [-0.05, 0) is 29.0 Å². The molecule has 1 aromatic heterocycles. The SMILES string of the molecule is O=C(Nc1ccccc1-c1ccccc1)c1nnn(-c2ccccc2)n1. The van der Waals surface area contributed by atoms with E-state index >= 15 is 0 Å². The summed E-state index contributed by atoms with van der Waals surface area (Å²) >= 11 is 0. The molecular formula is C20H15N5O. The highest BCUT2D eigenvalue weighted by atomic mass is 16.2. The van der Waals surface area contributed by atoms with Gasteiger partial charge in [0.15, 0.2) is 0 Å². The molecule has 6 heteroatoms. The normalized spacial score (nSPS) is 10.5. The second-order valence-corrected chi connectivity index (χ2v) is 5.60. The quantitative estimate of drug-likeness (QED) is 0.616. The van der Waals surface area contributed by atoms with E-state index in [1.54, 1.807) is 0 Å². The predicted octanol–water partition coefficient (Wildman–Crippen LogP) is 3.58. The van der Waals surface area contributed by atoms with Crippen molar-refractivity contribution in [3.05, 3.63) is 90.8 Å². The van der Waals surface area contributed by atoms with Crippen molar-refractivity contribution in [3.63, 3.8) is 0 Å². The van der Waals surface area contributed by atoms with Crippen LogP contribution in [0.3, 0.4) is 0 Å². The number of nitrogens with one attached hydrogen (secondary N) is 1. The molecular weight excluding hydrogens is 326 g/mol. The van der Waals surface area contributed by atoms with E-state index < -0.39 is 5.91 Å². The van der Waals surface area contributed by atoms with Crippen LogP contribution in [0.4, 0.5) is 5.69 Å². The molecule has 0 aliphatic rings. The third kappa shape index (κ3) is 3.21. The molecule has 0 atom stereocenters. The molecule has 1 heterocycles. The number of amides is 1. The Hall–Kier alpha value is -3.80. The molecule has 3 aromatic carbocycles. The number of carbonyl (C=O) groups excluding carboxylic acids is 1. The molecule has 0 bridgehead atoms. The van der Waals surface area contributed by atoms with Crippen molar-refractivity contribution in [1.82, 2.24) is 20.2 Å². The van der Waals surface area contributed by atoms with Crippen LogP contribution in [-0.4, -0.2) is 26.1 Å². The predicted molar refractivity (Wildman–Crippen MR) is 99.0 cm³/mol. The molecule has 6 nitrogen and oxygen atoms in total. The molecule has 1 amide bonds. The number of carbonyl (C=O) groups is 1. The van der Waals surface area contributed by atoms with E-state index in [2.05, 4.69) is 20.7 Å². The van der Waals surface area contributed by atoms with Gasteiger partial charge >= 0.3 is 0 Å². The van der Waals surface area contributed by atoms with Gasteiger partial charge in [0.2, 0.25) is 0 Å². The number of anilines is 1. The van der Waals surface area contributed by atoms with Crippen LogP contribution >= 0.6 is 0 Å². The smallest absolute Gasteiger partial charge is 0.297 e. The van der Waals surface area contributed by atoms with Crippen LogP contribution in [-0.2, 0) is 0 Å². The van der Waals surface area contributed by atoms with E-state index in [4.69, 9.17) is 0 Å². The lowest BCUT2D eigenvalue weighted by atomic mass is 10.0. The molecule has 0 radical (unpaired) electrons. The third-order valence-corrected chi connectivity index (χ3v) is 3.86. The number of tetrazole rings is 1. The van der Waals surface area contributed by atoms with Crippen molar-refractivity contribution in [2.75, 3.05) is 5.32 Å². The van der Waals surface area contributed by atoms with Gasteiger partial charge in [-0.2, -0.15) is 0 Å². The van der Waals surface area contributed by atoms with Crippen LogP contribution in [0.15, 0.2) is 84.9 Å². The van der Waals surface area contributed by atoms with Crippen LogP contribution in [0.25, 0.3) is 16.8 Å². The molecule has 1 N–H and O–H groups in total. The summed E-state index contributed by atoms with van der Waals surface area (Å²) in [6.07, 6.45) is 0. The Bertz CT molecular complexity index is 1030. The summed E-state index contributed by atoms with van der Waals surface area (Å²) in [6, 6.07) is 26.8. The van der Waals surface area contributed by atoms with Gasteiger partial charge in [-0.25, -0.2) is 0 Å². The molecule has 126 valence electrons. The van der Waals surface area contributed by atoms with Crippen molar-refractivity contribution in [2.45, 2.75) is 0 Å². The summed E-state index contributed by atoms with van der Waals surface area (Å²) in [5.74, 6) is -0.396. The highest BCUT2D eigenvalue weighted by Gasteiger charge is 2.15. The Morgan fingerprint density at radius 3 is 2.23 bits per heavy atom. The Labute approximate surface area is 150 Å². The molecule has 0 spiro atoms. The second-order valence-electron chi connectivity index (χ2n) is 5.60. The summed E-state index contributed by atoms with van der Waals surface area (Å²) in [4.78, 5) is 13.9. The molecule has 0 saturated heterocycles. The van der Waals surface area contributed by atoms with Gasteiger partial charge in [0.25, 0.3) is 11.7 Å². The Morgan fingerprint density at radius 2 is 1.46 bits per heavy atom. The van der Waals surface area contributed by atoms with Crippen molar-refractivity contribution >= 4 is 11.6 Å². The first-order valence-electron chi connectivity index (χ1n) is 8.12. The largest absolute Gasteiger partial charge is 0.319 e. The van der Waals surface area contributed by atoms with Crippen molar-refractivity contribution in [2.24, 2.45) is 0 Å². The number of benzene rings is 3. The van der Waals surface area contributed by atoms with Crippen LogP contribution in [0.1, 0.15) is 10.6 Å². The highest BCUT2D eigenvalue weighted by molar-refractivity contribution is 6.03. The van der Waals surface area contributed by atoms with Gasteiger partial charge in [0.1, 0.15) is 0 Å². The minimum absolute atomic E-state index is 0.0108. The number of aromatic nitrogens is 4. The first kappa shape index (κ1) is 15.7. The van der Waals surface area contributed by atoms with Crippen molar-refractivity contribution < 1.29 is 4.79 Å². The number of para-hydroxylation sites is 2. The molecule has 0 aliphatic heterocycles. The van der Waals surface area contributed by atoms with Gasteiger partial charge < -0.3 is 5.32 Å². The minimum Gasteiger partial charge on any atom is -0.319 e. The fourth-order valence-electron chi connectivity index (χ4n) is 2.62. The lowest BCUT2D eigenvalue weighted by Gasteiger charge is -2.09. The van der Waals surface area contributed by atoms with E-state index in [0.29, 0.717) is 5.69 Å². The van der Waals surface area contributed by atoms with Gasteiger partial charge in [-0.3, -0.25) is 4.79 Å². The highest BCUT2D eigenvalue weighted by Crippen LogP contribution is 2.27. The average molecular weight is 341 g/mol. The monoisotopic (exact) mass is 341 g/mol. The summed E-state index contributed by atoms with van der Waals surface area (Å²) in [6.45, 7) is 0. The first-order valence-corrected chi connectivity index (χ1v) is 8.12. The Morgan fingerprint density at radius 1 is 0.808 bits per heavy atom. The first-order chi connectivity index (χ1) is 12.8. The molecule has 0 saturated carbocycles. The Kier molecular flexibility index (Phi) is 4.22. The molecule has 4 aromatic rings. The fraction of sp³-hybridized carbons (Fsp3) is 0. The molecule has 0 aliphatic carbocycles. The topological polar surface area (TPSA) is 72.7 Å². The van der Waals surface area contributed by atoms with E-state index in [9.17, 15) is 4.79 Å². The second kappa shape index (κ2) is 6.98. The number of hydrogen-bond acceptors (Lipinski definition) is 4. The molecule has 0 unspecified atom stereocenters. The van der Waals surface area contributed by atoms with Crippen molar-refractivity contribution in [1.29, 1.82) is 0 Å². The Balaban J connectivity index is 1.59. The summed E-state index contributed by atoms with van der Waals surface area (Å²) in [5.41, 5.74) is 3.38. The van der Waals surface area contributed by atoms with E-state index in [-0.39, 0.29) is 5.82 Å². The summed E-state index contributed by atoms with van der Waals surface area (Å²) in [5, 5.41) is 14.8. The molecule has 26 heavy (non-hydrogen) atoms. The number of nitrogens with zero attached hydrogens (tertiary/aromatic N) is 4. The van der Waals surface area contributed by atoms with Gasteiger partial charge in [0.05, 0.1) is 5.69 Å². The molecule has 4 rings (SSSR count). The third-order valence-electron chi connectivity index (χ3n) is 3.86.